The number of hydrogen-bond donors (Lipinski definition) is 1. The van der Waals surface area contributed by atoms with Crippen LogP contribution in [0.4, 0.5) is 10.5 Å². The van der Waals surface area contributed by atoms with Gasteiger partial charge in [0.1, 0.15) is 5.76 Å². The van der Waals surface area contributed by atoms with Gasteiger partial charge in [-0.3, -0.25) is 4.79 Å². The Balaban J connectivity index is 2.08. The van der Waals surface area contributed by atoms with Crippen molar-refractivity contribution in [1.29, 1.82) is 0 Å². The van der Waals surface area contributed by atoms with Crippen molar-refractivity contribution in [3.63, 3.8) is 0 Å². The van der Waals surface area contributed by atoms with Gasteiger partial charge < -0.3 is 19.4 Å². The minimum Gasteiger partial charge on any atom is -0.467 e. The molecule has 2 rings (SSSR count). The third-order valence-electron chi connectivity index (χ3n) is 3.55. The Morgan fingerprint density at radius 2 is 2.12 bits per heavy atom. The van der Waals surface area contributed by atoms with Gasteiger partial charge in [-0.25, -0.2) is 4.79 Å². The third kappa shape index (κ3) is 5.83. The third-order valence-corrected chi connectivity index (χ3v) is 3.78. The molecule has 1 aromatic carbocycles. The minimum atomic E-state index is -0.348. The largest absolute Gasteiger partial charge is 0.467 e. The Kier molecular flexibility index (Phi) is 6.89. The van der Waals surface area contributed by atoms with Crippen molar-refractivity contribution in [2.75, 3.05) is 18.5 Å². The zero-order valence-electron chi connectivity index (χ0n) is 14.3. The summed E-state index contributed by atoms with van der Waals surface area (Å²) in [5.41, 5.74) is 1.51. The maximum atomic E-state index is 12.7. The number of esters is 1. The van der Waals surface area contributed by atoms with Gasteiger partial charge in [0, 0.05) is 17.3 Å². The summed E-state index contributed by atoms with van der Waals surface area (Å²) in [6, 6.07) is 8.45. The molecular weight excluding hydrogens is 344 g/mol. The Morgan fingerprint density at radius 3 is 2.80 bits per heavy atom. The molecule has 1 aromatic heterocycles. The lowest BCUT2D eigenvalue weighted by Gasteiger charge is -2.22. The first-order valence-corrected chi connectivity index (χ1v) is 8.37. The number of amides is 2. The molecular formula is C18H21ClN2O4. The molecule has 0 bridgehead atoms. The quantitative estimate of drug-likeness (QED) is 0.746. The first kappa shape index (κ1) is 18.9. The van der Waals surface area contributed by atoms with Crippen molar-refractivity contribution in [3.05, 3.63) is 52.9 Å². The van der Waals surface area contributed by atoms with Gasteiger partial charge in [0.05, 0.1) is 25.8 Å². The van der Waals surface area contributed by atoms with Crippen molar-refractivity contribution >= 4 is 29.3 Å². The molecule has 6 nitrogen and oxygen atoms in total. The number of rotatable bonds is 7. The second kappa shape index (κ2) is 9.13. The van der Waals surface area contributed by atoms with Crippen molar-refractivity contribution in [1.82, 2.24) is 4.90 Å². The van der Waals surface area contributed by atoms with Crippen LogP contribution in [0.3, 0.4) is 0 Å². The van der Waals surface area contributed by atoms with Crippen LogP contribution in [-0.2, 0) is 16.1 Å². The summed E-state index contributed by atoms with van der Waals surface area (Å²) in [7, 11) is 0. The second-order valence-electron chi connectivity index (χ2n) is 5.45. The molecule has 134 valence electrons. The number of halogens is 1. The van der Waals surface area contributed by atoms with Crippen LogP contribution >= 0.6 is 11.6 Å². The average Bonchev–Trinajstić information content (AvgIpc) is 3.08. The first-order chi connectivity index (χ1) is 12.0. The molecule has 25 heavy (non-hydrogen) atoms. The smallest absolute Gasteiger partial charge is 0.322 e. The first-order valence-electron chi connectivity index (χ1n) is 7.99. The molecule has 0 fully saturated rings. The second-order valence-corrected chi connectivity index (χ2v) is 5.88. The van der Waals surface area contributed by atoms with Gasteiger partial charge in [-0.2, -0.15) is 0 Å². The molecule has 7 heteroatoms. The van der Waals surface area contributed by atoms with E-state index in [9.17, 15) is 9.59 Å². The number of benzene rings is 1. The highest BCUT2D eigenvalue weighted by molar-refractivity contribution is 6.31. The van der Waals surface area contributed by atoms with Crippen molar-refractivity contribution < 1.29 is 18.7 Å². The molecule has 0 aliphatic rings. The lowest BCUT2D eigenvalue weighted by atomic mass is 10.2. The number of carbonyl (C=O) groups excluding carboxylic acids is 2. The van der Waals surface area contributed by atoms with Crippen LogP contribution in [0.5, 0.6) is 0 Å². The van der Waals surface area contributed by atoms with Crippen LogP contribution in [0.15, 0.2) is 41.0 Å². The van der Waals surface area contributed by atoms with E-state index >= 15 is 0 Å². The van der Waals surface area contributed by atoms with Crippen molar-refractivity contribution in [3.8, 4) is 0 Å². The van der Waals surface area contributed by atoms with Crippen LogP contribution in [0, 0.1) is 6.92 Å². The van der Waals surface area contributed by atoms with Gasteiger partial charge in [0.2, 0.25) is 0 Å². The van der Waals surface area contributed by atoms with Gasteiger partial charge in [0.25, 0.3) is 0 Å². The number of carbonyl (C=O) groups is 2. The maximum Gasteiger partial charge on any atom is 0.322 e. The molecule has 0 spiro atoms. The molecule has 0 atom stereocenters. The number of nitrogens with zero attached hydrogens (tertiary/aromatic N) is 1. The predicted molar refractivity (Wildman–Crippen MR) is 95.6 cm³/mol. The van der Waals surface area contributed by atoms with Gasteiger partial charge in [-0.15, -0.1) is 0 Å². The van der Waals surface area contributed by atoms with E-state index in [0.29, 0.717) is 23.1 Å². The van der Waals surface area contributed by atoms with Gasteiger partial charge in [0.15, 0.2) is 0 Å². The van der Waals surface area contributed by atoms with Gasteiger partial charge >= 0.3 is 12.0 Å². The van der Waals surface area contributed by atoms with E-state index in [1.165, 1.54) is 11.2 Å². The highest BCUT2D eigenvalue weighted by Crippen LogP contribution is 2.21. The van der Waals surface area contributed by atoms with Crippen molar-refractivity contribution in [2.24, 2.45) is 0 Å². The highest BCUT2D eigenvalue weighted by Gasteiger charge is 2.18. The normalized spacial score (nSPS) is 10.4. The number of furan rings is 1. The molecule has 0 aliphatic carbocycles. The molecule has 0 radical (unpaired) electrons. The molecule has 0 unspecified atom stereocenters. The van der Waals surface area contributed by atoms with Crippen LogP contribution in [0.25, 0.3) is 0 Å². The molecule has 0 aliphatic heterocycles. The summed E-state index contributed by atoms with van der Waals surface area (Å²) in [5, 5.41) is 3.36. The SMILES string of the molecule is CCOC(=O)CCN(Cc1ccco1)C(=O)Nc1cc(Cl)ccc1C. The Labute approximate surface area is 151 Å². The van der Waals surface area contributed by atoms with E-state index in [2.05, 4.69) is 5.32 Å². The highest BCUT2D eigenvalue weighted by atomic mass is 35.5. The zero-order chi connectivity index (χ0) is 18.2. The summed E-state index contributed by atoms with van der Waals surface area (Å²) in [6.07, 6.45) is 1.65. The van der Waals surface area contributed by atoms with Gasteiger partial charge in [-0.1, -0.05) is 17.7 Å². The van der Waals surface area contributed by atoms with Crippen LogP contribution in [-0.4, -0.2) is 30.1 Å². The topological polar surface area (TPSA) is 71.8 Å². The Hall–Kier alpha value is -2.47. The summed E-state index contributed by atoms with van der Waals surface area (Å²) >= 11 is 5.99. The van der Waals surface area contributed by atoms with Crippen LogP contribution < -0.4 is 5.32 Å². The van der Waals surface area contributed by atoms with Crippen LogP contribution in [0.2, 0.25) is 5.02 Å². The fourth-order valence-electron chi connectivity index (χ4n) is 2.23. The average molecular weight is 365 g/mol. The van der Waals surface area contributed by atoms with Crippen LogP contribution in [0.1, 0.15) is 24.7 Å². The number of aryl methyl sites for hydroxylation is 1. The molecule has 2 amide bonds. The standard InChI is InChI=1S/C18H21ClN2O4/c1-3-24-17(22)8-9-21(12-15-5-4-10-25-15)18(23)20-16-11-14(19)7-6-13(16)2/h4-7,10-11H,3,8-9,12H2,1-2H3,(H,20,23). The molecule has 1 N–H and O–H groups in total. The Morgan fingerprint density at radius 1 is 1.32 bits per heavy atom. The number of anilines is 1. The van der Waals surface area contributed by atoms with E-state index < -0.39 is 0 Å². The number of nitrogens with one attached hydrogen (secondary N) is 1. The summed E-state index contributed by atoms with van der Waals surface area (Å²) in [4.78, 5) is 25.8. The molecule has 0 saturated carbocycles. The van der Waals surface area contributed by atoms with E-state index in [1.54, 1.807) is 31.2 Å². The number of hydrogen-bond acceptors (Lipinski definition) is 4. The zero-order valence-corrected chi connectivity index (χ0v) is 15.0. The van der Waals surface area contributed by atoms with E-state index in [-0.39, 0.29) is 31.5 Å². The monoisotopic (exact) mass is 364 g/mol. The van der Waals surface area contributed by atoms with Crippen molar-refractivity contribution in [2.45, 2.75) is 26.8 Å². The lowest BCUT2D eigenvalue weighted by molar-refractivity contribution is -0.143. The molecule has 2 aromatic rings. The predicted octanol–water partition coefficient (Wildman–Crippen LogP) is 4.23. The van der Waals surface area contributed by atoms with E-state index in [1.807, 2.05) is 13.0 Å². The van der Waals surface area contributed by atoms with Gasteiger partial charge in [-0.05, 0) is 43.7 Å². The number of urea groups is 1. The number of ether oxygens (including phenoxy) is 1. The molecule has 0 saturated heterocycles. The minimum absolute atomic E-state index is 0.108. The molecule has 1 heterocycles. The maximum absolute atomic E-state index is 12.7. The summed E-state index contributed by atoms with van der Waals surface area (Å²) < 4.78 is 10.2. The van der Waals surface area contributed by atoms with E-state index in [0.717, 1.165) is 5.56 Å². The fraction of sp³-hybridized carbons (Fsp3) is 0.333. The summed E-state index contributed by atoms with van der Waals surface area (Å²) in [6.45, 7) is 4.39. The summed E-state index contributed by atoms with van der Waals surface area (Å²) in [5.74, 6) is 0.278. The fourth-order valence-corrected chi connectivity index (χ4v) is 2.40. The lowest BCUT2D eigenvalue weighted by Crippen LogP contribution is -2.36. The Bertz CT molecular complexity index is 716. The van der Waals surface area contributed by atoms with E-state index in [4.69, 9.17) is 20.8 Å².